The average Bonchev–Trinajstić information content (AvgIpc) is 2.28. The zero-order valence-corrected chi connectivity index (χ0v) is 6.53. The fourth-order valence-corrected chi connectivity index (χ4v) is 1.30. The summed E-state index contributed by atoms with van der Waals surface area (Å²) >= 11 is 0. The summed E-state index contributed by atoms with van der Waals surface area (Å²) in [5.41, 5.74) is 0. The van der Waals surface area contributed by atoms with E-state index in [1.165, 1.54) is 19.3 Å². The lowest BCUT2D eigenvalue weighted by Gasteiger charge is -1.94. The maximum absolute atomic E-state index is 3.92. The summed E-state index contributed by atoms with van der Waals surface area (Å²) in [6.07, 6.45) is 4.80. The van der Waals surface area contributed by atoms with Gasteiger partial charge in [0.15, 0.2) is 5.82 Å². The Hall–Kier alpha value is -0.970. The minimum Gasteiger partial charge on any atom is -0.344 e. The van der Waals surface area contributed by atoms with Crippen LogP contribution < -0.4 is 6.15 Å². The zero-order chi connectivity index (χ0) is 6.81. The molecule has 0 aliphatic carbocycles. The lowest BCUT2D eigenvalue weighted by atomic mass is 10.2. The fourth-order valence-electron chi connectivity index (χ4n) is 1.30. The van der Waals surface area contributed by atoms with Crippen molar-refractivity contribution >= 4 is 0 Å². The summed E-state index contributed by atoms with van der Waals surface area (Å²) in [5.74, 6) is 1.05. The van der Waals surface area contributed by atoms with Crippen molar-refractivity contribution < 1.29 is 0 Å². The largest absolute Gasteiger partial charge is 0.344 e. The van der Waals surface area contributed by atoms with E-state index >= 15 is 0 Å². The first-order valence-corrected chi connectivity index (χ1v) is 3.72. The Labute approximate surface area is 65.4 Å². The van der Waals surface area contributed by atoms with Gasteiger partial charge in [0.1, 0.15) is 0 Å². The molecule has 1 aliphatic rings. The third-order valence-electron chi connectivity index (χ3n) is 1.88. The molecule has 5 heteroatoms. The molecule has 62 valence electrons. The standard InChI is InChI=1S/C6H10N4.H3N/c1-2-4-6-7-8-9-10(6)5-3-1;/h1-5H2;1H3. The highest BCUT2D eigenvalue weighted by atomic mass is 15.5. The van der Waals surface area contributed by atoms with Crippen LogP contribution in [0.15, 0.2) is 0 Å². The lowest BCUT2D eigenvalue weighted by Crippen LogP contribution is -2.02. The van der Waals surface area contributed by atoms with Gasteiger partial charge in [0.2, 0.25) is 0 Å². The maximum atomic E-state index is 3.92. The second-order valence-electron chi connectivity index (χ2n) is 2.63. The molecule has 0 saturated heterocycles. The molecule has 2 heterocycles. The highest BCUT2D eigenvalue weighted by molar-refractivity contribution is 4.82. The van der Waals surface area contributed by atoms with Gasteiger partial charge < -0.3 is 6.15 Å². The SMILES string of the molecule is C1CCc2nnnn2CC1.N. The third kappa shape index (κ3) is 1.54. The number of hydrogen-bond donors (Lipinski definition) is 1. The Morgan fingerprint density at radius 1 is 1.18 bits per heavy atom. The van der Waals surface area contributed by atoms with Crippen LogP contribution in [0.5, 0.6) is 0 Å². The second kappa shape index (κ2) is 3.43. The Morgan fingerprint density at radius 3 is 3.00 bits per heavy atom. The zero-order valence-electron chi connectivity index (χ0n) is 6.53. The molecule has 0 spiro atoms. The van der Waals surface area contributed by atoms with Gasteiger partial charge in [-0.2, -0.15) is 0 Å². The van der Waals surface area contributed by atoms with Gasteiger partial charge >= 0.3 is 0 Å². The van der Waals surface area contributed by atoms with Gasteiger partial charge in [0, 0.05) is 13.0 Å². The fraction of sp³-hybridized carbons (Fsp3) is 0.833. The van der Waals surface area contributed by atoms with Crippen LogP contribution in [0.2, 0.25) is 0 Å². The molecule has 0 unspecified atom stereocenters. The first-order chi connectivity index (χ1) is 4.97. The summed E-state index contributed by atoms with van der Waals surface area (Å²) in [6, 6.07) is 0. The number of aromatic nitrogens is 4. The summed E-state index contributed by atoms with van der Waals surface area (Å²) < 4.78 is 1.91. The number of fused-ring (bicyclic) bond motifs is 1. The Kier molecular flexibility index (Phi) is 2.53. The van der Waals surface area contributed by atoms with Crippen molar-refractivity contribution in [2.75, 3.05) is 0 Å². The van der Waals surface area contributed by atoms with Crippen LogP contribution >= 0.6 is 0 Å². The minimum absolute atomic E-state index is 0. The van der Waals surface area contributed by atoms with Crippen molar-refractivity contribution in [1.29, 1.82) is 0 Å². The van der Waals surface area contributed by atoms with Crippen LogP contribution in [0.4, 0.5) is 0 Å². The number of nitrogens with zero attached hydrogens (tertiary/aromatic N) is 4. The number of aryl methyl sites for hydroxylation is 2. The topological polar surface area (TPSA) is 78.6 Å². The molecule has 0 radical (unpaired) electrons. The third-order valence-corrected chi connectivity index (χ3v) is 1.88. The summed E-state index contributed by atoms with van der Waals surface area (Å²) in [5, 5.41) is 11.4. The maximum Gasteiger partial charge on any atom is 0.151 e. The first-order valence-electron chi connectivity index (χ1n) is 3.72. The highest BCUT2D eigenvalue weighted by Crippen LogP contribution is 2.09. The van der Waals surface area contributed by atoms with Crippen LogP contribution in [0.1, 0.15) is 25.1 Å². The van der Waals surface area contributed by atoms with Crippen molar-refractivity contribution in [3.8, 4) is 0 Å². The Bertz CT molecular complexity index is 198. The van der Waals surface area contributed by atoms with E-state index in [4.69, 9.17) is 0 Å². The quantitative estimate of drug-likeness (QED) is 0.593. The molecule has 3 N–H and O–H groups in total. The van der Waals surface area contributed by atoms with Gasteiger partial charge in [-0.1, -0.05) is 6.42 Å². The van der Waals surface area contributed by atoms with Gasteiger partial charge in [-0.05, 0) is 23.3 Å². The molecule has 1 aromatic heterocycles. The van der Waals surface area contributed by atoms with E-state index < -0.39 is 0 Å². The van der Waals surface area contributed by atoms with Gasteiger partial charge in [0.25, 0.3) is 0 Å². The van der Waals surface area contributed by atoms with Crippen molar-refractivity contribution in [2.24, 2.45) is 0 Å². The predicted molar refractivity (Wildman–Crippen MR) is 40.4 cm³/mol. The summed E-state index contributed by atoms with van der Waals surface area (Å²) in [6.45, 7) is 1.00. The van der Waals surface area contributed by atoms with Crippen LogP contribution in [-0.2, 0) is 13.0 Å². The van der Waals surface area contributed by atoms with Crippen LogP contribution in [0.25, 0.3) is 0 Å². The van der Waals surface area contributed by atoms with Crippen LogP contribution in [-0.4, -0.2) is 20.2 Å². The van der Waals surface area contributed by atoms with E-state index in [1.54, 1.807) is 0 Å². The molecular formula is C6H13N5. The monoisotopic (exact) mass is 155 g/mol. The minimum atomic E-state index is 0. The smallest absolute Gasteiger partial charge is 0.151 e. The number of rotatable bonds is 0. The molecule has 0 amide bonds. The van der Waals surface area contributed by atoms with Crippen LogP contribution in [0, 0.1) is 0 Å². The summed E-state index contributed by atoms with van der Waals surface area (Å²) in [7, 11) is 0. The van der Waals surface area contributed by atoms with E-state index in [0.29, 0.717) is 0 Å². The molecule has 11 heavy (non-hydrogen) atoms. The molecule has 5 nitrogen and oxygen atoms in total. The van der Waals surface area contributed by atoms with Gasteiger partial charge in [0.05, 0.1) is 0 Å². The number of tetrazole rings is 1. The molecule has 2 rings (SSSR count). The van der Waals surface area contributed by atoms with Gasteiger partial charge in [-0.15, -0.1) is 5.10 Å². The van der Waals surface area contributed by atoms with Crippen molar-refractivity contribution in [3.63, 3.8) is 0 Å². The van der Waals surface area contributed by atoms with Gasteiger partial charge in [-0.25, -0.2) is 4.68 Å². The van der Waals surface area contributed by atoms with E-state index in [2.05, 4.69) is 15.5 Å². The first kappa shape index (κ1) is 8.13. The van der Waals surface area contributed by atoms with Gasteiger partial charge in [-0.3, -0.25) is 0 Å². The molecule has 0 fully saturated rings. The molecule has 1 aromatic rings. The highest BCUT2D eigenvalue weighted by Gasteiger charge is 2.08. The van der Waals surface area contributed by atoms with E-state index in [1.807, 2.05) is 4.68 Å². The lowest BCUT2D eigenvalue weighted by molar-refractivity contribution is 0.556. The van der Waals surface area contributed by atoms with Crippen molar-refractivity contribution in [1.82, 2.24) is 26.4 Å². The molecule has 0 bridgehead atoms. The van der Waals surface area contributed by atoms with Crippen molar-refractivity contribution in [3.05, 3.63) is 5.82 Å². The molecule has 0 saturated carbocycles. The second-order valence-corrected chi connectivity index (χ2v) is 2.63. The average molecular weight is 155 g/mol. The van der Waals surface area contributed by atoms with E-state index in [0.717, 1.165) is 18.8 Å². The Morgan fingerprint density at radius 2 is 2.09 bits per heavy atom. The molecular weight excluding hydrogens is 142 g/mol. The molecule has 0 aromatic carbocycles. The van der Waals surface area contributed by atoms with E-state index in [-0.39, 0.29) is 6.15 Å². The molecule has 1 aliphatic heterocycles. The van der Waals surface area contributed by atoms with Crippen molar-refractivity contribution in [2.45, 2.75) is 32.2 Å². The van der Waals surface area contributed by atoms with Crippen LogP contribution in [0.3, 0.4) is 0 Å². The van der Waals surface area contributed by atoms with E-state index in [9.17, 15) is 0 Å². The Balaban J connectivity index is 0.000000605. The predicted octanol–water partition coefficient (Wildman–Crippen LogP) is 0.561. The normalized spacial score (nSPS) is 16.4. The summed E-state index contributed by atoms with van der Waals surface area (Å²) in [4.78, 5) is 0. The molecule has 0 atom stereocenters. The number of hydrogen-bond acceptors (Lipinski definition) is 4.